The maximum Gasteiger partial charge on any atom is 0.236 e. The van der Waals surface area contributed by atoms with Crippen LogP contribution in [-0.2, 0) is 4.79 Å². The van der Waals surface area contributed by atoms with Crippen LogP contribution in [0.3, 0.4) is 0 Å². The van der Waals surface area contributed by atoms with Crippen molar-refractivity contribution in [2.45, 2.75) is 13.0 Å². The Morgan fingerprint density at radius 1 is 1.69 bits per heavy atom. The Kier molecular flexibility index (Phi) is 6.88. The Balaban J connectivity index is 3.99. The molecule has 0 aromatic rings. The molecule has 0 saturated heterocycles. The van der Waals surface area contributed by atoms with Crippen molar-refractivity contribution < 1.29 is 15.0 Å². The van der Waals surface area contributed by atoms with Crippen LogP contribution in [0.5, 0.6) is 0 Å². The Bertz CT molecular complexity index is 244. The lowest BCUT2D eigenvalue weighted by atomic mass is 10.3. The molecule has 0 aromatic heterocycles. The summed E-state index contributed by atoms with van der Waals surface area (Å²) in [6.45, 7) is 2.41. The average Bonchev–Trinajstić information content (AvgIpc) is 2.26. The molecule has 0 rings (SSSR count). The monoisotopic (exact) mass is 234 g/mol. The van der Waals surface area contributed by atoms with E-state index in [2.05, 4.69) is 10.6 Å². The molecule has 1 unspecified atom stereocenters. The molecule has 0 aliphatic heterocycles. The van der Waals surface area contributed by atoms with Crippen molar-refractivity contribution in [1.82, 2.24) is 10.3 Å². The van der Waals surface area contributed by atoms with Crippen LogP contribution >= 0.6 is 0 Å². The minimum absolute atomic E-state index is 0.0187. The largest absolute Gasteiger partial charge is 0.569 e. The number of hydrogen-bond donors (Lipinski definition) is 4. The van der Waals surface area contributed by atoms with Crippen LogP contribution < -0.4 is 16.8 Å². The van der Waals surface area contributed by atoms with E-state index in [4.69, 9.17) is 16.7 Å². The van der Waals surface area contributed by atoms with E-state index in [-0.39, 0.29) is 37.1 Å². The number of nitrogens with two attached hydrogens (primary N) is 2. The smallest absolute Gasteiger partial charge is 0.236 e. The molecule has 0 bridgehead atoms. The van der Waals surface area contributed by atoms with Gasteiger partial charge < -0.3 is 27.2 Å². The highest BCUT2D eigenvalue weighted by Crippen LogP contribution is 1.88. The quantitative estimate of drug-likeness (QED) is 0.227. The number of nitrogens with one attached hydrogen (secondary N) is 1. The van der Waals surface area contributed by atoms with Crippen LogP contribution in [0.2, 0.25) is 0 Å². The lowest BCUT2D eigenvalue weighted by molar-refractivity contribution is -0.708. The number of carbonyl (C=O) groups excluding carboxylic acids is 1. The van der Waals surface area contributed by atoms with Gasteiger partial charge in [-0.1, -0.05) is 0 Å². The maximum absolute atomic E-state index is 11.1. The van der Waals surface area contributed by atoms with Gasteiger partial charge in [0.1, 0.15) is 0 Å². The summed E-state index contributed by atoms with van der Waals surface area (Å²) < 4.78 is 0. The second-order valence-electron chi connectivity index (χ2n) is 3.16. The fraction of sp³-hybridized carbons (Fsp3) is 0.857. The van der Waals surface area contributed by atoms with Gasteiger partial charge in [-0.25, -0.2) is 0 Å². The van der Waals surface area contributed by atoms with Gasteiger partial charge in [0.25, 0.3) is 0 Å². The van der Waals surface area contributed by atoms with Crippen LogP contribution in [0.25, 0.3) is 0 Å². The summed E-state index contributed by atoms with van der Waals surface area (Å²) in [5.74, 6) is -0.314. The molecule has 1 amide bonds. The van der Waals surface area contributed by atoms with Crippen molar-refractivity contribution in [2.24, 2.45) is 16.7 Å². The minimum atomic E-state index is -0.603. The van der Waals surface area contributed by atoms with Crippen molar-refractivity contribution in [3.8, 4) is 0 Å². The van der Waals surface area contributed by atoms with Gasteiger partial charge >= 0.3 is 0 Å². The van der Waals surface area contributed by atoms with Crippen LogP contribution in [0.4, 0.5) is 0 Å². The van der Waals surface area contributed by atoms with Crippen LogP contribution in [-0.4, -0.2) is 53.3 Å². The Labute approximate surface area is 93.2 Å². The third-order valence-corrected chi connectivity index (χ3v) is 1.79. The number of nitrogens with zero attached hydrogens (tertiary/aromatic N) is 3. The number of carbonyl (C=O) groups is 1. The van der Waals surface area contributed by atoms with E-state index in [1.165, 1.54) is 0 Å². The SMILES string of the molecule is CC(N)C(=O)NCCN(CCN)[N+]([O-])=NO. The topological polar surface area (TPSA) is 143 Å². The molecule has 9 heteroatoms. The van der Waals surface area contributed by atoms with Crippen LogP contribution in [0, 0.1) is 5.21 Å². The van der Waals surface area contributed by atoms with Gasteiger partial charge in [0, 0.05) is 13.1 Å². The summed E-state index contributed by atoms with van der Waals surface area (Å²) >= 11 is 0. The Morgan fingerprint density at radius 2 is 2.31 bits per heavy atom. The highest BCUT2D eigenvalue weighted by molar-refractivity contribution is 5.80. The predicted molar refractivity (Wildman–Crippen MR) is 55.1 cm³/mol. The summed E-state index contributed by atoms with van der Waals surface area (Å²) in [5.41, 5.74) is 10.6. The number of amides is 1. The minimum Gasteiger partial charge on any atom is -0.569 e. The van der Waals surface area contributed by atoms with E-state index in [0.717, 1.165) is 5.01 Å². The van der Waals surface area contributed by atoms with E-state index in [1.54, 1.807) is 6.92 Å². The molecule has 0 aliphatic carbocycles. The third kappa shape index (κ3) is 5.32. The molecule has 0 spiro atoms. The van der Waals surface area contributed by atoms with Crippen molar-refractivity contribution in [3.05, 3.63) is 5.21 Å². The average molecular weight is 234 g/mol. The van der Waals surface area contributed by atoms with E-state index in [0.29, 0.717) is 0 Å². The molecule has 0 radical (unpaired) electrons. The molecule has 6 N–H and O–H groups in total. The summed E-state index contributed by atoms with van der Waals surface area (Å²) in [7, 11) is 0. The van der Waals surface area contributed by atoms with Gasteiger partial charge in [-0.05, 0) is 6.92 Å². The lowest BCUT2D eigenvalue weighted by Gasteiger charge is -2.17. The third-order valence-electron chi connectivity index (χ3n) is 1.79. The second kappa shape index (κ2) is 7.65. The fourth-order valence-corrected chi connectivity index (χ4v) is 0.958. The van der Waals surface area contributed by atoms with Gasteiger partial charge in [-0.3, -0.25) is 4.79 Å². The van der Waals surface area contributed by atoms with Crippen molar-refractivity contribution in [2.75, 3.05) is 26.2 Å². The normalized spacial score (nSPS) is 13.3. The molecule has 16 heavy (non-hydrogen) atoms. The van der Waals surface area contributed by atoms with Crippen molar-refractivity contribution in [3.63, 3.8) is 0 Å². The maximum atomic E-state index is 11.1. The van der Waals surface area contributed by atoms with Crippen LogP contribution in [0.15, 0.2) is 5.28 Å². The van der Waals surface area contributed by atoms with Gasteiger partial charge in [0.15, 0.2) is 0 Å². The second-order valence-corrected chi connectivity index (χ2v) is 3.16. The Hall–Kier alpha value is -1.61. The van der Waals surface area contributed by atoms with E-state index in [1.807, 2.05) is 0 Å². The highest BCUT2D eigenvalue weighted by atomic mass is 16.6. The van der Waals surface area contributed by atoms with Gasteiger partial charge in [0.05, 0.1) is 24.1 Å². The van der Waals surface area contributed by atoms with Crippen molar-refractivity contribution in [1.29, 1.82) is 0 Å². The van der Waals surface area contributed by atoms with Gasteiger partial charge in [0.2, 0.25) is 11.2 Å². The summed E-state index contributed by atoms with van der Waals surface area (Å²) in [5, 5.41) is 25.3. The first kappa shape index (κ1) is 14.4. The molecule has 0 aliphatic rings. The molecule has 1 atom stereocenters. The molecule has 0 heterocycles. The zero-order chi connectivity index (χ0) is 12.6. The molecule has 94 valence electrons. The first-order chi connectivity index (χ1) is 7.52. The first-order valence-electron chi connectivity index (χ1n) is 4.83. The fourth-order valence-electron chi connectivity index (χ4n) is 0.958. The van der Waals surface area contributed by atoms with E-state index >= 15 is 0 Å². The number of rotatable bonds is 7. The first-order valence-corrected chi connectivity index (χ1v) is 4.83. The van der Waals surface area contributed by atoms with E-state index < -0.39 is 6.04 Å². The van der Waals surface area contributed by atoms with Gasteiger partial charge in [-0.2, -0.15) is 0 Å². The molecular weight excluding hydrogens is 216 g/mol. The standard InChI is InChI=1S/C7H18N6O3/c1-6(9)7(14)10-3-5-12(4-2-8)13(16)11-15/h6,15H,2-5,8-9H2,1H3,(H,10,14). The number of hydrazine groups is 1. The molecule has 0 saturated carbocycles. The van der Waals surface area contributed by atoms with E-state index in [9.17, 15) is 10.0 Å². The van der Waals surface area contributed by atoms with Crippen molar-refractivity contribution >= 4 is 5.91 Å². The number of hydrogen-bond acceptors (Lipinski definition) is 5. The summed E-state index contributed by atoms with van der Waals surface area (Å²) in [4.78, 5) is 11.1. The molecule has 0 aromatic carbocycles. The lowest BCUT2D eigenvalue weighted by Crippen LogP contribution is -2.44. The van der Waals surface area contributed by atoms with Gasteiger partial charge in [-0.15, -0.1) is 5.01 Å². The molecule has 0 fully saturated rings. The summed E-state index contributed by atoms with van der Waals surface area (Å²) in [6, 6.07) is -0.603. The van der Waals surface area contributed by atoms with Crippen LogP contribution in [0.1, 0.15) is 6.92 Å². The zero-order valence-corrected chi connectivity index (χ0v) is 9.17. The highest BCUT2D eigenvalue weighted by Gasteiger charge is 2.13. The zero-order valence-electron chi connectivity index (χ0n) is 9.17. The molecule has 9 nitrogen and oxygen atoms in total. The molecular formula is C7H18N6O3. The summed E-state index contributed by atoms with van der Waals surface area (Å²) in [6.07, 6.45) is 0. The predicted octanol–water partition coefficient (Wildman–Crippen LogP) is -2.02. The Morgan fingerprint density at radius 3 is 2.75 bits per heavy atom.